The molecule has 1 unspecified atom stereocenters. The van der Waals surface area contributed by atoms with E-state index in [-0.39, 0.29) is 35.4 Å². The van der Waals surface area contributed by atoms with Crippen LogP contribution in [0.2, 0.25) is 0 Å². The number of carbonyl (C=O) groups is 1. The number of likely N-dealkylation sites (N-methyl/N-ethyl adjacent to an activating group) is 1. The second kappa shape index (κ2) is 14.5. The van der Waals surface area contributed by atoms with E-state index in [1.165, 1.54) is 42.5 Å². The minimum atomic E-state index is -1.13. The van der Waals surface area contributed by atoms with E-state index in [9.17, 15) is 15.2 Å². The second-order valence-corrected chi connectivity index (χ2v) is 11.8. The Balaban J connectivity index is 1.41. The van der Waals surface area contributed by atoms with Gasteiger partial charge in [-0.3, -0.25) is 10.2 Å². The van der Waals surface area contributed by atoms with Crippen molar-refractivity contribution in [2.45, 2.75) is 22.6 Å². The van der Waals surface area contributed by atoms with Gasteiger partial charge in [0.25, 0.3) is 11.8 Å². The lowest BCUT2D eigenvalue weighted by molar-refractivity contribution is 0.0696. The summed E-state index contributed by atoms with van der Waals surface area (Å²) in [5.74, 6) is -4.04. The van der Waals surface area contributed by atoms with Crippen LogP contribution >= 0.6 is 11.8 Å². The topological polar surface area (TPSA) is 117 Å². The predicted molar refractivity (Wildman–Crippen MR) is 174 cm³/mol. The van der Waals surface area contributed by atoms with Gasteiger partial charge in [0, 0.05) is 29.6 Å². The largest absolute Gasteiger partial charge is 0.485 e. The molecule has 9 nitrogen and oxygen atoms in total. The lowest BCUT2D eigenvalue weighted by atomic mass is 10.1. The number of halogens is 2. The number of hydrogen-bond acceptors (Lipinski definition) is 9. The SMILES string of the molecule is CN1CCNC1c1ccccc1Oc1nc(Oc2cc(C#N)ccc2OCc2ccccc2)c(F)c(Sc2ccc(C(=O)O)cc2)c1F. The summed E-state index contributed by atoms with van der Waals surface area (Å²) in [5.41, 5.74) is 1.82. The van der Waals surface area contributed by atoms with Crippen molar-refractivity contribution in [3.8, 4) is 35.1 Å². The number of pyridine rings is 1. The Labute approximate surface area is 279 Å². The first-order chi connectivity index (χ1) is 23.3. The van der Waals surface area contributed by atoms with Gasteiger partial charge in [-0.1, -0.05) is 60.3 Å². The molecule has 6 rings (SSSR count). The number of nitrogens with zero attached hydrogens (tertiary/aromatic N) is 3. The minimum Gasteiger partial charge on any atom is -0.485 e. The summed E-state index contributed by atoms with van der Waals surface area (Å²) in [5, 5.41) is 22.2. The van der Waals surface area contributed by atoms with E-state index in [4.69, 9.17) is 14.2 Å². The molecule has 48 heavy (non-hydrogen) atoms. The highest BCUT2D eigenvalue weighted by Gasteiger charge is 2.29. The van der Waals surface area contributed by atoms with Gasteiger partial charge in [0.15, 0.2) is 11.5 Å². The monoisotopic (exact) mass is 666 g/mol. The molecule has 0 bridgehead atoms. The van der Waals surface area contributed by atoms with Gasteiger partial charge in [0.1, 0.15) is 12.4 Å². The fourth-order valence-electron chi connectivity index (χ4n) is 5.02. The molecule has 1 aliphatic rings. The molecular weight excluding hydrogens is 638 g/mol. The van der Waals surface area contributed by atoms with Crippen LogP contribution in [0.3, 0.4) is 0 Å². The number of ether oxygens (including phenoxy) is 3. The zero-order valence-corrected chi connectivity index (χ0v) is 26.3. The second-order valence-electron chi connectivity index (χ2n) is 10.7. The van der Waals surface area contributed by atoms with Crippen molar-refractivity contribution in [2.75, 3.05) is 20.1 Å². The molecule has 0 aliphatic carbocycles. The number of benzene rings is 4. The highest BCUT2D eigenvalue weighted by molar-refractivity contribution is 7.99. The van der Waals surface area contributed by atoms with E-state index >= 15 is 8.78 Å². The summed E-state index contributed by atoms with van der Waals surface area (Å²) in [6.07, 6.45) is -0.208. The quantitative estimate of drug-likeness (QED) is 0.145. The fraction of sp³-hybridized carbons (Fsp3) is 0.139. The van der Waals surface area contributed by atoms with Crippen molar-refractivity contribution in [3.05, 3.63) is 131 Å². The number of carboxylic acids is 1. The van der Waals surface area contributed by atoms with E-state index in [0.717, 1.165) is 24.2 Å². The Morgan fingerprint density at radius 2 is 1.65 bits per heavy atom. The number of nitriles is 1. The van der Waals surface area contributed by atoms with E-state index in [0.29, 0.717) is 22.4 Å². The van der Waals surface area contributed by atoms with Gasteiger partial charge in [-0.2, -0.15) is 19.0 Å². The van der Waals surface area contributed by atoms with Crippen molar-refractivity contribution in [1.82, 2.24) is 15.2 Å². The van der Waals surface area contributed by atoms with Gasteiger partial charge in [-0.05, 0) is 55.1 Å². The Kier molecular flexibility index (Phi) is 9.82. The molecule has 0 spiro atoms. The maximum Gasteiger partial charge on any atom is 0.335 e. The molecule has 1 atom stereocenters. The number of carboxylic acid groups (broad SMARTS) is 1. The summed E-state index contributed by atoms with van der Waals surface area (Å²) in [6.45, 7) is 1.69. The molecule has 2 N–H and O–H groups in total. The van der Waals surface area contributed by atoms with Crippen LogP contribution in [0.1, 0.15) is 33.2 Å². The van der Waals surface area contributed by atoms with Gasteiger partial charge in [-0.25, -0.2) is 4.79 Å². The Hall–Kier alpha value is -5.48. The molecule has 2 heterocycles. The predicted octanol–water partition coefficient (Wildman–Crippen LogP) is 7.78. The smallest absolute Gasteiger partial charge is 0.335 e. The number of para-hydroxylation sites is 1. The zero-order valence-electron chi connectivity index (χ0n) is 25.5. The third-order valence-corrected chi connectivity index (χ3v) is 8.55. The minimum absolute atomic E-state index is 0.0190. The molecule has 0 saturated carbocycles. The zero-order chi connectivity index (χ0) is 33.6. The summed E-state index contributed by atoms with van der Waals surface area (Å²) in [7, 11) is 1.95. The molecule has 242 valence electrons. The first-order valence-electron chi connectivity index (χ1n) is 14.8. The molecule has 1 aromatic heterocycles. The average Bonchev–Trinajstić information content (AvgIpc) is 3.54. The van der Waals surface area contributed by atoms with Gasteiger partial charge in [0.2, 0.25) is 11.6 Å². The lowest BCUT2D eigenvalue weighted by Crippen LogP contribution is -2.24. The Morgan fingerprint density at radius 3 is 2.31 bits per heavy atom. The molecule has 12 heteroatoms. The summed E-state index contributed by atoms with van der Waals surface area (Å²) in [4.78, 5) is 17.4. The lowest BCUT2D eigenvalue weighted by Gasteiger charge is -2.22. The third kappa shape index (κ3) is 7.24. The number of aromatic carboxylic acids is 1. The number of nitrogens with one attached hydrogen (secondary N) is 1. The first-order valence-corrected chi connectivity index (χ1v) is 15.6. The molecule has 0 radical (unpaired) electrons. The van der Waals surface area contributed by atoms with Crippen LogP contribution < -0.4 is 19.5 Å². The van der Waals surface area contributed by atoms with Crippen molar-refractivity contribution < 1.29 is 32.9 Å². The number of aromatic nitrogens is 1. The molecule has 5 aromatic rings. The highest BCUT2D eigenvalue weighted by Crippen LogP contribution is 2.43. The van der Waals surface area contributed by atoms with Crippen LogP contribution in [0.15, 0.2) is 107 Å². The third-order valence-electron chi connectivity index (χ3n) is 7.48. The standard InChI is InChI=1S/C36H28F2N4O5S/c1-42-18-17-40-33(42)26-9-5-6-10-27(26)46-34-30(37)32(48-25-14-12-24(13-15-25)36(43)44)31(38)35(41-34)47-29-19-23(20-39)11-16-28(29)45-21-22-7-3-2-4-8-22/h2-16,19,33,40H,17-18,21H2,1H3,(H,43,44). The molecule has 4 aromatic carbocycles. The van der Waals surface area contributed by atoms with Gasteiger partial charge in [-0.15, -0.1) is 0 Å². The Bertz CT molecular complexity index is 1990. The van der Waals surface area contributed by atoms with Gasteiger partial charge < -0.3 is 19.3 Å². The van der Waals surface area contributed by atoms with Crippen LogP contribution in [0.25, 0.3) is 0 Å². The van der Waals surface area contributed by atoms with Crippen molar-refractivity contribution in [2.24, 2.45) is 0 Å². The number of hydrogen-bond donors (Lipinski definition) is 2. The summed E-state index contributed by atoms with van der Waals surface area (Å²) in [6, 6.07) is 28.4. The highest BCUT2D eigenvalue weighted by atomic mass is 32.2. The molecular formula is C36H28F2N4O5S. The molecule has 1 fully saturated rings. The van der Waals surface area contributed by atoms with Crippen LogP contribution in [-0.2, 0) is 6.61 Å². The molecule has 0 amide bonds. The van der Waals surface area contributed by atoms with Crippen LogP contribution in [0.5, 0.6) is 29.0 Å². The van der Waals surface area contributed by atoms with E-state index in [1.54, 1.807) is 12.1 Å². The van der Waals surface area contributed by atoms with Gasteiger partial charge >= 0.3 is 5.97 Å². The first kappa shape index (κ1) is 32.5. The molecule has 1 saturated heterocycles. The fourth-order valence-corrected chi connectivity index (χ4v) is 5.88. The average molecular weight is 667 g/mol. The van der Waals surface area contributed by atoms with Crippen molar-refractivity contribution in [3.63, 3.8) is 0 Å². The number of rotatable bonds is 11. The van der Waals surface area contributed by atoms with Crippen LogP contribution in [0.4, 0.5) is 8.78 Å². The van der Waals surface area contributed by atoms with Gasteiger partial charge in [0.05, 0.1) is 28.3 Å². The van der Waals surface area contributed by atoms with Crippen molar-refractivity contribution in [1.29, 1.82) is 5.26 Å². The molecule has 1 aliphatic heterocycles. The van der Waals surface area contributed by atoms with Crippen LogP contribution in [0, 0.1) is 23.0 Å². The van der Waals surface area contributed by atoms with Crippen molar-refractivity contribution >= 4 is 17.7 Å². The van der Waals surface area contributed by atoms with E-state index < -0.39 is 34.3 Å². The summed E-state index contributed by atoms with van der Waals surface area (Å²) < 4.78 is 50.5. The maximum absolute atomic E-state index is 16.3. The van der Waals surface area contributed by atoms with E-state index in [1.807, 2.05) is 55.6 Å². The normalized spacial score (nSPS) is 14.3. The maximum atomic E-state index is 16.3. The van der Waals surface area contributed by atoms with Crippen LogP contribution in [-0.4, -0.2) is 41.1 Å². The van der Waals surface area contributed by atoms with E-state index in [2.05, 4.69) is 15.2 Å². The Morgan fingerprint density at radius 1 is 0.958 bits per heavy atom. The summed E-state index contributed by atoms with van der Waals surface area (Å²) >= 11 is 0.713.